The van der Waals surface area contributed by atoms with Crippen molar-refractivity contribution in [3.8, 4) is 0 Å². The Morgan fingerprint density at radius 3 is 1.69 bits per heavy atom. The highest BCUT2D eigenvalue weighted by Crippen LogP contribution is 2.14. The van der Waals surface area contributed by atoms with E-state index in [0.29, 0.717) is 13.2 Å². The quantitative estimate of drug-likeness (QED) is 0.827. The van der Waals surface area contributed by atoms with Crippen molar-refractivity contribution in [2.45, 2.75) is 59.0 Å². The topological polar surface area (TPSA) is 47.9 Å². The van der Waals surface area contributed by atoms with Gasteiger partial charge in [0.05, 0.1) is 19.8 Å². The van der Waals surface area contributed by atoms with Gasteiger partial charge < -0.3 is 19.3 Å². The molecule has 1 N–H and O–H groups in total. The molecular weight excluding hydrogens is 328 g/mol. The Hall–Kier alpha value is -0.940. The van der Waals surface area contributed by atoms with Gasteiger partial charge in [0.15, 0.2) is 0 Å². The van der Waals surface area contributed by atoms with Crippen LogP contribution in [-0.4, -0.2) is 44.7 Å². The van der Waals surface area contributed by atoms with Crippen molar-refractivity contribution >= 4 is 0 Å². The monoisotopic (exact) mass is 366 g/mol. The molecule has 1 aromatic rings. The number of ether oxygens (including phenoxy) is 3. The van der Waals surface area contributed by atoms with Crippen LogP contribution in [0.15, 0.2) is 30.3 Å². The largest absolute Gasteiger partial charge is 0.396 e. The Bertz CT molecular complexity index is 376. The van der Waals surface area contributed by atoms with Gasteiger partial charge in [-0.2, -0.15) is 0 Å². The van der Waals surface area contributed by atoms with E-state index < -0.39 is 0 Å². The lowest BCUT2D eigenvalue weighted by Crippen LogP contribution is -2.23. The van der Waals surface area contributed by atoms with Crippen molar-refractivity contribution in [1.82, 2.24) is 0 Å². The number of rotatable bonds is 5. The zero-order valence-corrected chi connectivity index (χ0v) is 16.8. The van der Waals surface area contributed by atoms with Crippen LogP contribution < -0.4 is 0 Å². The van der Waals surface area contributed by atoms with Crippen LogP contribution in [-0.2, 0) is 20.8 Å². The van der Waals surface area contributed by atoms with Crippen molar-refractivity contribution in [2.24, 2.45) is 5.41 Å². The molecule has 0 amide bonds. The molecule has 2 saturated heterocycles. The van der Waals surface area contributed by atoms with Crippen molar-refractivity contribution in [1.29, 1.82) is 0 Å². The summed E-state index contributed by atoms with van der Waals surface area (Å²) in [5.74, 6) is 0. The fraction of sp³-hybridized carbons (Fsp3) is 0.727. The van der Waals surface area contributed by atoms with Crippen LogP contribution in [0.3, 0.4) is 0 Å². The van der Waals surface area contributed by atoms with E-state index in [1.165, 1.54) is 44.1 Å². The van der Waals surface area contributed by atoms with E-state index in [9.17, 15) is 0 Å². The molecule has 0 aromatic heterocycles. The maximum absolute atomic E-state index is 9.01. The van der Waals surface area contributed by atoms with E-state index in [4.69, 9.17) is 19.3 Å². The van der Waals surface area contributed by atoms with Crippen molar-refractivity contribution in [3.05, 3.63) is 35.9 Å². The van der Waals surface area contributed by atoms with E-state index in [1.807, 2.05) is 44.2 Å². The van der Waals surface area contributed by atoms with E-state index in [1.54, 1.807) is 0 Å². The molecule has 26 heavy (non-hydrogen) atoms. The molecular formula is C22H38O4. The molecule has 0 bridgehead atoms. The minimum absolute atomic E-state index is 0.144. The van der Waals surface area contributed by atoms with E-state index in [2.05, 4.69) is 0 Å². The zero-order chi connectivity index (χ0) is 18.9. The van der Waals surface area contributed by atoms with Crippen LogP contribution in [0.1, 0.15) is 57.9 Å². The molecule has 0 aliphatic carbocycles. The highest BCUT2D eigenvalue weighted by atomic mass is 16.5. The first-order valence-corrected chi connectivity index (χ1v) is 10.0. The molecule has 2 heterocycles. The van der Waals surface area contributed by atoms with Gasteiger partial charge in [0, 0.05) is 31.8 Å². The Morgan fingerprint density at radius 1 is 0.846 bits per heavy atom. The Kier molecular flexibility index (Phi) is 13.5. The first-order valence-electron chi connectivity index (χ1n) is 10.0. The lowest BCUT2D eigenvalue weighted by atomic mass is 9.97. The zero-order valence-electron chi connectivity index (χ0n) is 16.8. The summed E-state index contributed by atoms with van der Waals surface area (Å²) >= 11 is 0. The predicted octanol–water partition coefficient (Wildman–Crippen LogP) is 4.60. The number of aliphatic hydroxyl groups excluding tert-OH is 1. The molecule has 2 aliphatic rings. The van der Waals surface area contributed by atoms with Crippen LogP contribution in [0, 0.1) is 5.41 Å². The molecule has 0 atom stereocenters. The molecule has 4 nitrogen and oxygen atoms in total. The average molecular weight is 367 g/mol. The van der Waals surface area contributed by atoms with E-state index >= 15 is 0 Å². The third-order valence-electron chi connectivity index (χ3n) is 4.19. The van der Waals surface area contributed by atoms with Gasteiger partial charge in [0.2, 0.25) is 0 Å². The highest BCUT2D eigenvalue weighted by Gasteiger charge is 2.16. The second-order valence-electron chi connectivity index (χ2n) is 7.65. The lowest BCUT2D eigenvalue weighted by molar-refractivity contribution is 0.0198. The fourth-order valence-corrected chi connectivity index (χ4v) is 2.44. The van der Waals surface area contributed by atoms with Gasteiger partial charge in [0.25, 0.3) is 0 Å². The maximum atomic E-state index is 9.01. The van der Waals surface area contributed by atoms with Crippen LogP contribution >= 0.6 is 0 Å². The number of hydrogen-bond donors (Lipinski definition) is 1. The second-order valence-corrected chi connectivity index (χ2v) is 7.65. The summed E-state index contributed by atoms with van der Waals surface area (Å²) < 4.78 is 15.7. The van der Waals surface area contributed by atoms with Crippen LogP contribution in [0.4, 0.5) is 0 Å². The summed E-state index contributed by atoms with van der Waals surface area (Å²) in [4.78, 5) is 0. The van der Waals surface area contributed by atoms with Gasteiger partial charge >= 0.3 is 0 Å². The Balaban J connectivity index is 0.000000230. The fourth-order valence-electron chi connectivity index (χ4n) is 2.44. The predicted molar refractivity (Wildman–Crippen MR) is 106 cm³/mol. The normalized spacial score (nSPS) is 17.3. The summed E-state index contributed by atoms with van der Waals surface area (Å²) in [6.45, 7) is 9.32. The van der Waals surface area contributed by atoms with Gasteiger partial charge in [-0.25, -0.2) is 0 Å². The molecule has 0 unspecified atom stereocenters. The summed E-state index contributed by atoms with van der Waals surface area (Å²) in [6.07, 6.45) is 7.86. The molecule has 4 heteroatoms. The number of aliphatic hydroxyl groups is 1. The van der Waals surface area contributed by atoms with Gasteiger partial charge in [-0.05, 0) is 44.1 Å². The van der Waals surface area contributed by atoms with E-state index in [0.717, 1.165) is 26.4 Å². The van der Waals surface area contributed by atoms with Crippen molar-refractivity contribution < 1.29 is 19.3 Å². The average Bonchev–Trinajstić information content (AvgIpc) is 2.72. The number of hydrogen-bond acceptors (Lipinski definition) is 4. The molecule has 2 aliphatic heterocycles. The number of benzene rings is 1. The molecule has 150 valence electrons. The molecule has 0 saturated carbocycles. The van der Waals surface area contributed by atoms with Crippen molar-refractivity contribution in [2.75, 3.05) is 39.6 Å². The van der Waals surface area contributed by atoms with Gasteiger partial charge in [-0.15, -0.1) is 0 Å². The molecule has 0 spiro atoms. The highest BCUT2D eigenvalue weighted by molar-refractivity contribution is 5.13. The summed E-state index contributed by atoms with van der Waals surface area (Å²) in [5, 5.41) is 9.01. The lowest BCUT2D eigenvalue weighted by Gasteiger charge is -2.21. The summed E-state index contributed by atoms with van der Waals surface area (Å²) in [7, 11) is 0. The standard InChI is InChI=1S/C12H18O2.2C5H10O/c1-12(2,9-13)10-14-8-11-6-4-3-5-7-11;2*1-2-4-6-5-3-1/h3-7,13H,8-10H2,1-2H3;2*1-5H2. The summed E-state index contributed by atoms with van der Waals surface area (Å²) in [6, 6.07) is 10.0. The summed E-state index contributed by atoms with van der Waals surface area (Å²) in [5.41, 5.74) is 1.02. The maximum Gasteiger partial charge on any atom is 0.0717 e. The molecule has 1 aromatic carbocycles. The Morgan fingerprint density at radius 2 is 1.35 bits per heavy atom. The SMILES string of the molecule is C1CCOCC1.C1CCOCC1.CC(C)(CO)COCc1ccccc1. The Labute approximate surface area is 159 Å². The third-order valence-corrected chi connectivity index (χ3v) is 4.19. The van der Waals surface area contributed by atoms with Crippen molar-refractivity contribution in [3.63, 3.8) is 0 Å². The molecule has 0 radical (unpaired) electrons. The van der Waals surface area contributed by atoms with Crippen LogP contribution in [0.25, 0.3) is 0 Å². The minimum atomic E-state index is -0.144. The van der Waals surface area contributed by atoms with Gasteiger partial charge in [-0.3, -0.25) is 0 Å². The smallest absolute Gasteiger partial charge is 0.0717 e. The first-order chi connectivity index (χ1) is 12.6. The minimum Gasteiger partial charge on any atom is -0.396 e. The van der Waals surface area contributed by atoms with E-state index in [-0.39, 0.29) is 12.0 Å². The first kappa shape index (κ1) is 23.1. The second kappa shape index (κ2) is 15.2. The molecule has 3 rings (SSSR count). The van der Waals surface area contributed by atoms with Gasteiger partial charge in [0.1, 0.15) is 0 Å². The van der Waals surface area contributed by atoms with Crippen LogP contribution in [0.2, 0.25) is 0 Å². The molecule has 2 fully saturated rings. The van der Waals surface area contributed by atoms with Crippen LogP contribution in [0.5, 0.6) is 0 Å². The van der Waals surface area contributed by atoms with Gasteiger partial charge in [-0.1, -0.05) is 44.2 Å². The third kappa shape index (κ3) is 13.3.